The van der Waals surface area contributed by atoms with Crippen molar-refractivity contribution in [1.82, 2.24) is 10.0 Å². The van der Waals surface area contributed by atoms with Gasteiger partial charge in [0.05, 0.1) is 4.90 Å². The molecule has 1 fully saturated rings. The first kappa shape index (κ1) is 15.4. The quantitative estimate of drug-likeness (QED) is 0.678. The fraction of sp³-hybridized carbons (Fsp3) is 0.500. The number of benzene rings is 1. The molecule has 106 valence electrons. The highest BCUT2D eigenvalue weighted by atomic mass is 79.9. The van der Waals surface area contributed by atoms with E-state index < -0.39 is 10.0 Å². The molecule has 0 heterocycles. The van der Waals surface area contributed by atoms with Crippen LogP contribution in [0.3, 0.4) is 0 Å². The summed E-state index contributed by atoms with van der Waals surface area (Å²) in [5, 5.41) is 3.35. The second-order valence-electron chi connectivity index (χ2n) is 4.55. The van der Waals surface area contributed by atoms with Crippen molar-refractivity contribution >= 4 is 41.9 Å². The molecule has 1 aliphatic rings. The summed E-state index contributed by atoms with van der Waals surface area (Å²) in [5.74, 6) is 0. The Hall–Kier alpha value is 0.0500. The van der Waals surface area contributed by atoms with Crippen LogP contribution in [0, 0.1) is 0 Å². The highest BCUT2D eigenvalue weighted by Gasteiger charge is 2.20. The van der Waals surface area contributed by atoms with E-state index in [9.17, 15) is 8.42 Å². The molecule has 0 saturated heterocycles. The van der Waals surface area contributed by atoms with Crippen LogP contribution in [0.15, 0.2) is 32.0 Å². The third kappa shape index (κ3) is 4.82. The Balaban J connectivity index is 1.86. The first-order valence-electron chi connectivity index (χ1n) is 6.17. The molecule has 0 unspecified atom stereocenters. The second kappa shape index (κ2) is 6.67. The van der Waals surface area contributed by atoms with Gasteiger partial charge in [0.2, 0.25) is 10.0 Å². The van der Waals surface area contributed by atoms with Crippen LogP contribution in [0.25, 0.3) is 0 Å². The molecule has 7 heteroatoms. The minimum atomic E-state index is -3.44. The Bertz CT molecular complexity index is 545. The van der Waals surface area contributed by atoms with E-state index in [0.717, 1.165) is 17.4 Å². The van der Waals surface area contributed by atoms with Gasteiger partial charge in [0.1, 0.15) is 0 Å². The molecule has 1 aromatic rings. The maximum atomic E-state index is 12.1. The number of sulfonamides is 1. The molecule has 1 aromatic carbocycles. The smallest absolute Gasteiger partial charge is 0.241 e. The lowest BCUT2D eigenvalue weighted by Gasteiger charge is -2.09. The summed E-state index contributed by atoms with van der Waals surface area (Å²) in [7, 11) is -3.44. The van der Waals surface area contributed by atoms with Crippen molar-refractivity contribution in [2.24, 2.45) is 0 Å². The monoisotopic (exact) mass is 410 g/mol. The van der Waals surface area contributed by atoms with Gasteiger partial charge >= 0.3 is 0 Å². The third-order valence-corrected chi connectivity index (χ3v) is 5.77. The lowest BCUT2D eigenvalue weighted by molar-refractivity contribution is 0.573. The average Bonchev–Trinajstić information content (AvgIpc) is 3.11. The summed E-state index contributed by atoms with van der Waals surface area (Å²) in [4.78, 5) is 0.269. The summed E-state index contributed by atoms with van der Waals surface area (Å²) in [6.45, 7) is 1.30. The van der Waals surface area contributed by atoms with E-state index in [2.05, 4.69) is 41.9 Å². The fourth-order valence-electron chi connectivity index (χ4n) is 1.66. The maximum Gasteiger partial charge on any atom is 0.241 e. The van der Waals surface area contributed by atoms with Crippen molar-refractivity contribution in [1.29, 1.82) is 0 Å². The van der Waals surface area contributed by atoms with Crippen LogP contribution in [-0.2, 0) is 10.0 Å². The molecule has 4 nitrogen and oxygen atoms in total. The van der Waals surface area contributed by atoms with Crippen LogP contribution in [0.2, 0.25) is 0 Å². The predicted molar refractivity (Wildman–Crippen MR) is 82.7 cm³/mol. The van der Waals surface area contributed by atoms with E-state index in [1.807, 2.05) is 0 Å². The lowest BCUT2D eigenvalue weighted by Crippen LogP contribution is -2.28. The molecule has 2 N–H and O–H groups in total. The zero-order chi connectivity index (χ0) is 13.9. The van der Waals surface area contributed by atoms with Gasteiger partial charge in [0.15, 0.2) is 0 Å². The summed E-state index contributed by atoms with van der Waals surface area (Å²) in [6, 6.07) is 5.69. The van der Waals surface area contributed by atoms with E-state index in [0.29, 0.717) is 17.1 Å². The number of hydrogen-bond donors (Lipinski definition) is 2. The van der Waals surface area contributed by atoms with Crippen LogP contribution < -0.4 is 10.0 Å². The number of nitrogens with one attached hydrogen (secondary N) is 2. The molecule has 1 aliphatic carbocycles. The average molecular weight is 412 g/mol. The topological polar surface area (TPSA) is 58.2 Å². The summed E-state index contributed by atoms with van der Waals surface area (Å²) in [6.07, 6.45) is 3.29. The van der Waals surface area contributed by atoms with Gasteiger partial charge in [-0.25, -0.2) is 13.1 Å². The maximum absolute atomic E-state index is 12.1. The molecule has 19 heavy (non-hydrogen) atoms. The van der Waals surface area contributed by atoms with Crippen molar-refractivity contribution in [3.63, 3.8) is 0 Å². The Labute approximate surface area is 130 Å². The minimum Gasteiger partial charge on any atom is -0.314 e. The zero-order valence-electron chi connectivity index (χ0n) is 10.3. The van der Waals surface area contributed by atoms with E-state index in [1.165, 1.54) is 12.8 Å². The van der Waals surface area contributed by atoms with Gasteiger partial charge in [-0.3, -0.25) is 0 Å². The van der Waals surface area contributed by atoms with Crippen LogP contribution in [0.4, 0.5) is 0 Å². The lowest BCUT2D eigenvalue weighted by atomic mass is 10.4. The number of hydrogen-bond acceptors (Lipinski definition) is 3. The molecule has 0 amide bonds. The molecule has 2 rings (SSSR count). The van der Waals surface area contributed by atoms with Gasteiger partial charge in [-0.05, 0) is 59.9 Å². The SMILES string of the molecule is O=S(=O)(NCCCNC1CC1)c1ccc(Br)cc1Br. The Morgan fingerprint density at radius 2 is 1.95 bits per heavy atom. The van der Waals surface area contributed by atoms with Crippen molar-refractivity contribution in [2.45, 2.75) is 30.2 Å². The first-order chi connectivity index (χ1) is 8.99. The largest absolute Gasteiger partial charge is 0.314 e. The van der Waals surface area contributed by atoms with Gasteiger partial charge in [0.25, 0.3) is 0 Å². The van der Waals surface area contributed by atoms with Crippen LogP contribution in [0.5, 0.6) is 0 Å². The highest BCUT2D eigenvalue weighted by Crippen LogP contribution is 2.25. The predicted octanol–water partition coefficient (Wildman–Crippen LogP) is 2.63. The number of rotatable bonds is 7. The molecule has 0 spiro atoms. The van der Waals surface area contributed by atoms with Crippen LogP contribution in [-0.4, -0.2) is 27.5 Å². The molecule has 0 atom stereocenters. The van der Waals surface area contributed by atoms with E-state index in [4.69, 9.17) is 0 Å². The molecule has 0 bridgehead atoms. The minimum absolute atomic E-state index is 0.269. The first-order valence-corrected chi connectivity index (χ1v) is 9.24. The summed E-state index contributed by atoms with van der Waals surface area (Å²) in [5.41, 5.74) is 0. The molecule has 1 saturated carbocycles. The van der Waals surface area contributed by atoms with Crippen LogP contribution in [0.1, 0.15) is 19.3 Å². The third-order valence-electron chi connectivity index (χ3n) is 2.84. The van der Waals surface area contributed by atoms with Gasteiger partial charge < -0.3 is 5.32 Å². The summed E-state index contributed by atoms with van der Waals surface area (Å²) >= 11 is 6.57. The zero-order valence-corrected chi connectivity index (χ0v) is 14.3. The Morgan fingerprint density at radius 3 is 2.58 bits per heavy atom. The van der Waals surface area contributed by atoms with Crippen LogP contribution >= 0.6 is 31.9 Å². The molecule has 0 radical (unpaired) electrons. The Morgan fingerprint density at radius 1 is 1.21 bits per heavy atom. The molecular weight excluding hydrogens is 396 g/mol. The van der Waals surface area contributed by atoms with Gasteiger partial charge in [-0.1, -0.05) is 15.9 Å². The molecule has 0 aliphatic heterocycles. The summed E-state index contributed by atoms with van der Waals surface area (Å²) < 4.78 is 28.2. The van der Waals surface area contributed by atoms with E-state index >= 15 is 0 Å². The number of halogens is 2. The van der Waals surface area contributed by atoms with Gasteiger partial charge in [-0.2, -0.15) is 0 Å². The molecule has 0 aromatic heterocycles. The normalized spacial score (nSPS) is 15.7. The van der Waals surface area contributed by atoms with E-state index in [-0.39, 0.29) is 4.90 Å². The van der Waals surface area contributed by atoms with E-state index in [1.54, 1.807) is 18.2 Å². The van der Waals surface area contributed by atoms with Crippen molar-refractivity contribution in [2.75, 3.05) is 13.1 Å². The van der Waals surface area contributed by atoms with Crippen molar-refractivity contribution < 1.29 is 8.42 Å². The van der Waals surface area contributed by atoms with Gasteiger partial charge in [0, 0.05) is 21.5 Å². The standard InChI is InChI=1S/C12H16Br2N2O2S/c13-9-2-5-12(11(14)8-9)19(17,18)16-7-1-6-15-10-3-4-10/h2,5,8,10,15-16H,1,3-4,6-7H2. The van der Waals surface area contributed by atoms with Crippen molar-refractivity contribution in [3.8, 4) is 0 Å². The molecular formula is C12H16Br2N2O2S. The highest BCUT2D eigenvalue weighted by molar-refractivity contribution is 9.11. The fourth-order valence-corrected chi connectivity index (χ4v) is 4.48. The van der Waals surface area contributed by atoms with Gasteiger partial charge in [-0.15, -0.1) is 0 Å². The second-order valence-corrected chi connectivity index (χ2v) is 8.06. The Kier molecular flexibility index (Phi) is 5.42. The van der Waals surface area contributed by atoms with Crippen molar-refractivity contribution in [3.05, 3.63) is 27.1 Å².